The van der Waals surface area contributed by atoms with Crippen LogP contribution in [0.4, 0.5) is 11.4 Å². The van der Waals surface area contributed by atoms with E-state index in [9.17, 15) is 9.59 Å². The van der Waals surface area contributed by atoms with Gasteiger partial charge in [0.1, 0.15) is 0 Å². The summed E-state index contributed by atoms with van der Waals surface area (Å²) in [6.45, 7) is 6.44. The standard InChI is InChI=1S/C33H38N4O5/c38-32(26-6-9-30-31(21-26)42-23-41-30)35-27-7-8-29(28(22-27)33(39)34-12-15-36-16-18-40-19-17-36)37-13-10-25(11-14-37)20-24-4-2-1-3-5-24/h1-9,21-22,25H,10-20,23H2,(H,34,39)(H,35,38). The first-order valence-corrected chi connectivity index (χ1v) is 14.8. The molecule has 0 bridgehead atoms. The van der Waals surface area contributed by atoms with Gasteiger partial charge in [-0.05, 0) is 67.1 Å². The van der Waals surface area contributed by atoms with Crippen LogP contribution in [0.2, 0.25) is 0 Å². The molecule has 9 nitrogen and oxygen atoms in total. The fourth-order valence-corrected chi connectivity index (χ4v) is 5.89. The lowest BCUT2D eigenvalue weighted by Crippen LogP contribution is -2.41. The van der Waals surface area contributed by atoms with Crippen LogP contribution in [0.5, 0.6) is 11.5 Å². The summed E-state index contributed by atoms with van der Waals surface area (Å²) in [5.41, 5.74) is 3.87. The molecule has 3 aliphatic heterocycles. The number of amides is 2. The molecule has 6 rings (SSSR count). The average Bonchev–Trinajstić information content (AvgIpc) is 3.51. The molecule has 0 radical (unpaired) electrons. The van der Waals surface area contributed by atoms with Gasteiger partial charge in [-0.3, -0.25) is 14.5 Å². The van der Waals surface area contributed by atoms with Crippen molar-refractivity contribution in [1.29, 1.82) is 0 Å². The van der Waals surface area contributed by atoms with E-state index in [1.807, 2.05) is 12.1 Å². The highest BCUT2D eigenvalue weighted by Crippen LogP contribution is 2.33. The molecule has 0 atom stereocenters. The van der Waals surface area contributed by atoms with Gasteiger partial charge in [0.05, 0.1) is 18.8 Å². The number of rotatable bonds is 9. The van der Waals surface area contributed by atoms with E-state index in [-0.39, 0.29) is 18.6 Å². The Balaban J connectivity index is 1.15. The molecule has 220 valence electrons. The van der Waals surface area contributed by atoms with Crippen molar-refractivity contribution in [3.05, 3.63) is 83.4 Å². The van der Waals surface area contributed by atoms with Crippen molar-refractivity contribution in [2.75, 3.05) is 69.5 Å². The normalized spacial score (nSPS) is 17.2. The molecule has 2 amide bonds. The number of carbonyl (C=O) groups excluding carboxylic acids is 2. The zero-order chi connectivity index (χ0) is 28.7. The number of hydrogen-bond donors (Lipinski definition) is 2. The van der Waals surface area contributed by atoms with Gasteiger partial charge in [0.25, 0.3) is 11.8 Å². The largest absolute Gasteiger partial charge is 0.454 e. The fraction of sp³-hybridized carbons (Fsp3) is 0.394. The number of fused-ring (bicyclic) bond motifs is 1. The van der Waals surface area contributed by atoms with E-state index in [4.69, 9.17) is 14.2 Å². The van der Waals surface area contributed by atoms with Gasteiger partial charge in [-0.25, -0.2) is 0 Å². The number of hydrogen-bond acceptors (Lipinski definition) is 7. The van der Waals surface area contributed by atoms with Gasteiger partial charge in [0.15, 0.2) is 11.5 Å². The molecule has 42 heavy (non-hydrogen) atoms. The smallest absolute Gasteiger partial charge is 0.255 e. The molecule has 2 saturated heterocycles. The molecular weight excluding hydrogens is 532 g/mol. The zero-order valence-corrected chi connectivity index (χ0v) is 23.8. The Morgan fingerprint density at radius 2 is 1.62 bits per heavy atom. The van der Waals surface area contributed by atoms with Crippen LogP contribution in [0.3, 0.4) is 0 Å². The maximum Gasteiger partial charge on any atom is 0.255 e. The van der Waals surface area contributed by atoms with Crippen LogP contribution in [-0.2, 0) is 11.2 Å². The lowest BCUT2D eigenvalue weighted by Gasteiger charge is -2.35. The highest BCUT2D eigenvalue weighted by molar-refractivity contribution is 6.06. The summed E-state index contributed by atoms with van der Waals surface area (Å²) in [5.74, 6) is 1.38. The van der Waals surface area contributed by atoms with Crippen molar-refractivity contribution in [3.8, 4) is 11.5 Å². The van der Waals surface area contributed by atoms with Crippen molar-refractivity contribution < 1.29 is 23.8 Å². The Hall–Kier alpha value is -4.08. The van der Waals surface area contributed by atoms with Gasteiger partial charge >= 0.3 is 0 Å². The third-order valence-electron chi connectivity index (χ3n) is 8.27. The van der Waals surface area contributed by atoms with Gasteiger partial charge < -0.3 is 29.7 Å². The molecule has 2 N–H and O–H groups in total. The number of ether oxygens (including phenoxy) is 3. The molecule has 3 heterocycles. The second-order valence-corrected chi connectivity index (χ2v) is 11.1. The Morgan fingerprint density at radius 1 is 0.833 bits per heavy atom. The number of nitrogens with zero attached hydrogens (tertiary/aromatic N) is 2. The van der Waals surface area contributed by atoms with Gasteiger partial charge in [-0.1, -0.05) is 30.3 Å². The lowest BCUT2D eigenvalue weighted by molar-refractivity contribution is 0.0383. The average molecular weight is 571 g/mol. The van der Waals surface area contributed by atoms with Crippen LogP contribution in [-0.4, -0.2) is 76.0 Å². The summed E-state index contributed by atoms with van der Waals surface area (Å²) in [4.78, 5) is 31.3. The Kier molecular flexibility index (Phi) is 8.86. The highest BCUT2D eigenvalue weighted by atomic mass is 16.7. The van der Waals surface area contributed by atoms with E-state index in [0.29, 0.717) is 40.8 Å². The number of carbonyl (C=O) groups is 2. The number of nitrogens with one attached hydrogen (secondary N) is 2. The van der Waals surface area contributed by atoms with E-state index < -0.39 is 0 Å². The third kappa shape index (κ3) is 6.86. The fourth-order valence-electron chi connectivity index (χ4n) is 5.89. The Bertz CT molecular complexity index is 1380. The molecular formula is C33H38N4O5. The molecule has 2 fully saturated rings. The van der Waals surface area contributed by atoms with Crippen LogP contribution in [0.1, 0.15) is 39.1 Å². The Morgan fingerprint density at radius 3 is 2.43 bits per heavy atom. The first-order chi connectivity index (χ1) is 20.6. The third-order valence-corrected chi connectivity index (χ3v) is 8.27. The molecule has 3 aromatic rings. The van der Waals surface area contributed by atoms with Crippen molar-refractivity contribution in [2.45, 2.75) is 19.3 Å². The number of piperidine rings is 1. The van der Waals surface area contributed by atoms with E-state index in [1.165, 1.54) is 5.56 Å². The predicted octanol–water partition coefficient (Wildman–Crippen LogP) is 4.19. The minimum absolute atomic E-state index is 0.135. The summed E-state index contributed by atoms with van der Waals surface area (Å²) >= 11 is 0. The van der Waals surface area contributed by atoms with Crippen LogP contribution in [0.15, 0.2) is 66.7 Å². The summed E-state index contributed by atoms with van der Waals surface area (Å²) < 4.78 is 16.2. The van der Waals surface area contributed by atoms with E-state index in [2.05, 4.69) is 50.8 Å². The van der Waals surface area contributed by atoms with Crippen molar-refractivity contribution in [2.24, 2.45) is 5.92 Å². The zero-order valence-electron chi connectivity index (χ0n) is 23.8. The number of morpholine rings is 1. The first-order valence-electron chi connectivity index (χ1n) is 14.8. The van der Waals surface area contributed by atoms with Gasteiger partial charge in [0, 0.05) is 56.2 Å². The SMILES string of the molecule is O=C(Nc1ccc(N2CCC(Cc3ccccc3)CC2)c(C(=O)NCCN2CCOCC2)c1)c1ccc2c(c1)OCO2. The van der Waals surface area contributed by atoms with E-state index in [0.717, 1.165) is 70.9 Å². The van der Waals surface area contributed by atoms with Crippen LogP contribution >= 0.6 is 0 Å². The van der Waals surface area contributed by atoms with Crippen LogP contribution < -0.4 is 25.0 Å². The van der Waals surface area contributed by atoms with Crippen molar-refractivity contribution >= 4 is 23.2 Å². The van der Waals surface area contributed by atoms with Crippen LogP contribution in [0, 0.1) is 5.92 Å². The minimum Gasteiger partial charge on any atom is -0.454 e. The van der Waals surface area contributed by atoms with E-state index in [1.54, 1.807) is 24.3 Å². The second-order valence-electron chi connectivity index (χ2n) is 11.1. The molecule has 9 heteroatoms. The Labute approximate surface area is 246 Å². The monoisotopic (exact) mass is 570 g/mol. The molecule has 0 unspecified atom stereocenters. The molecule has 0 spiro atoms. The molecule has 3 aliphatic rings. The minimum atomic E-state index is -0.276. The second kappa shape index (κ2) is 13.3. The maximum atomic E-state index is 13.6. The van der Waals surface area contributed by atoms with Gasteiger partial charge in [0.2, 0.25) is 6.79 Å². The number of anilines is 2. The lowest BCUT2D eigenvalue weighted by atomic mass is 9.89. The molecule has 3 aromatic carbocycles. The molecule has 0 saturated carbocycles. The van der Waals surface area contributed by atoms with Gasteiger partial charge in [-0.15, -0.1) is 0 Å². The summed E-state index contributed by atoms with van der Waals surface area (Å²) in [5, 5.41) is 6.08. The maximum absolute atomic E-state index is 13.6. The predicted molar refractivity (Wildman–Crippen MR) is 162 cm³/mol. The van der Waals surface area contributed by atoms with Crippen LogP contribution in [0.25, 0.3) is 0 Å². The highest BCUT2D eigenvalue weighted by Gasteiger charge is 2.24. The first kappa shape index (κ1) is 28.1. The van der Waals surface area contributed by atoms with E-state index >= 15 is 0 Å². The summed E-state index contributed by atoms with van der Waals surface area (Å²) in [6, 6.07) is 21.4. The number of benzene rings is 3. The van der Waals surface area contributed by atoms with Crippen molar-refractivity contribution in [1.82, 2.24) is 10.2 Å². The molecule has 0 aliphatic carbocycles. The molecule has 0 aromatic heterocycles. The topological polar surface area (TPSA) is 92.4 Å². The van der Waals surface area contributed by atoms with Gasteiger partial charge in [-0.2, -0.15) is 0 Å². The van der Waals surface area contributed by atoms with Crippen molar-refractivity contribution in [3.63, 3.8) is 0 Å². The summed E-state index contributed by atoms with van der Waals surface area (Å²) in [7, 11) is 0. The quantitative estimate of drug-likeness (QED) is 0.399. The summed E-state index contributed by atoms with van der Waals surface area (Å²) in [6.07, 6.45) is 3.21.